The van der Waals surface area contributed by atoms with Gasteiger partial charge in [-0.15, -0.1) is 11.8 Å². The number of thioether (sulfide) groups is 1. The van der Waals surface area contributed by atoms with E-state index in [0.717, 1.165) is 27.4 Å². The number of Topliss-reactive ketones (excluding diaryl/α,β-unsaturated/α-hetero) is 1. The number of dihydropyridines is 1. The van der Waals surface area contributed by atoms with E-state index in [-0.39, 0.29) is 17.6 Å². The number of benzene rings is 3. The van der Waals surface area contributed by atoms with Crippen LogP contribution in [0.2, 0.25) is 0 Å². The molecule has 41 heavy (non-hydrogen) atoms. The van der Waals surface area contributed by atoms with Crippen LogP contribution in [0.5, 0.6) is 17.2 Å². The van der Waals surface area contributed by atoms with Crippen molar-refractivity contribution in [1.82, 2.24) is 5.32 Å². The second-order valence-corrected chi connectivity index (χ2v) is 11.0. The quantitative estimate of drug-likeness (QED) is 0.302. The van der Waals surface area contributed by atoms with Gasteiger partial charge >= 0.3 is 0 Å². The molecule has 0 unspecified atom stereocenters. The predicted octanol–water partition coefficient (Wildman–Crippen LogP) is 6.43. The number of rotatable bonds is 8. The van der Waals surface area contributed by atoms with Crippen molar-refractivity contribution in [1.29, 1.82) is 0 Å². The number of hydrogen-bond donors (Lipinski definition) is 2. The normalized spacial score (nSPS) is 18.4. The molecular weight excluding hydrogens is 536 g/mol. The second-order valence-electron chi connectivity index (χ2n) is 10.1. The number of amides is 1. The summed E-state index contributed by atoms with van der Waals surface area (Å²) >= 11 is 1.65. The second kappa shape index (κ2) is 12.1. The van der Waals surface area contributed by atoms with E-state index in [9.17, 15) is 9.59 Å². The Balaban J connectivity index is 1.53. The number of ketones is 1. The number of nitrogens with one attached hydrogen (secondary N) is 2. The zero-order valence-electron chi connectivity index (χ0n) is 23.9. The van der Waals surface area contributed by atoms with Crippen molar-refractivity contribution in [3.63, 3.8) is 0 Å². The minimum atomic E-state index is -0.487. The lowest BCUT2D eigenvalue weighted by Crippen LogP contribution is -2.37. The van der Waals surface area contributed by atoms with Gasteiger partial charge in [0.25, 0.3) is 5.91 Å². The summed E-state index contributed by atoms with van der Waals surface area (Å²) in [5.41, 5.74) is 5.35. The average Bonchev–Trinajstić information content (AvgIpc) is 3.00. The highest BCUT2D eigenvalue weighted by Gasteiger charge is 2.41. The molecule has 1 aliphatic carbocycles. The van der Waals surface area contributed by atoms with Crippen molar-refractivity contribution < 1.29 is 23.8 Å². The molecule has 0 bridgehead atoms. The van der Waals surface area contributed by atoms with Crippen molar-refractivity contribution in [2.45, 2.75) is 36.5 Å². The summed E-state index contributed by atoms with van der Waals surface area (Å²) in [6.07, 6.45) is 3.00. The number of allylic oxidation sites excluding steroid dienone is 3. The maximum atomic E-state index is 14.0. The molecule has 3 aromatic rings. The maximum absolute atomic E-state index is 14.0. The SMILES string of the molecule is COc1ccc(NC(=O)C2=C(C)NC3=C(C(=O)C[C@H](c4ccc(OC)c(OC)c4)C3)[C@@H]2c2ccc(SC)cc2)cc1. The molecule has 1 aliphatic heterocycles. The topological polar surface area (TPSA) is 85.9 Å². The van der Waals surface area contributed by atoms with Crippen molar-refractivity contribution in [2.24, 2.45) is 0 Å². The van der Waals surface area contributed by atoms with E-state index < -0.39 is 5.92 Å². The molecule has 3 aromatic carbocycles. The van der Waals surface area contributed by atoms with Gasteiger partial charge in [-0.05, 0) is 85.2 Å². The van der Waals surface area contributed by atoms with Crippen molar-refractivity contribution in [2.75, 3.05) is 32.9 Å². The van der Waals surface area contributed by atoms with E-state index in [0.29, 0.717) is 46.9 Å². The van der Waals surface area contributed by atoms with E-state index in [1.807, 2.05) is 55.6 Å². The summed E-state index contributed by atoms with van der Waals surface area (Å²) in [6.45, 7) is 1.90. The molecule has 8 heteroatoms. The Morgan fingerprint density at radius 1 is 0.878 bits per heavy atom. The van der Waals surface area contributed by atoms with Gasteiger partial charge in [-0.3, -0.25) is 9.59 Å². The molecule has 1 amide bonds. The number of hydrogen-bond acceptors (Lipinski definition) is 7. The summed E-state index contributed by atoms with van der Waals surface area (Å²) in [4.78, 5) is 28.9. The highest BCUT2D eigenvalue weighted by molar-refractivity contribution is 7.98. The molecule has 1 heterocycles. The smallest absolute Gasteiger partial charge is 0.254 e. The first-order chi connectivity index (χ1) is 19.9. The van der Waals surface area contributed by atoms with Crippen LogP contribution in [0.25, 0.3) is 0 Å². The zero-order chi connectivity index (χ0) is 29.1. The maximum Gasteiger partial charge on any atom is 0.254 e. The first kappa shape index (κ1) is 28.4. The third-order valence-corrected chi connectivity index (χ3v) is 8.49. The zero-order valence-corrected chi connectivity index (χ0v) is 24.7. The van der Waals surface area contributed by atoms with Crippen LogP contribution in [0.15, 0.2) is 94.2 Å². The van der Waals surface area contributed by atoms with Gasteiger partial charge in [0, 0.05) is 45.5 Å². The number of methoxy groups -OCH3 is 3. The fraction of sp³-hybridized carbons (Fsp3) is 0.273. The van der Waals surface area contributed by atoms with Crippen molar-refractivity contribution in [3.05, 3.63) is 100 Å². The van der Waals surface area contributed by atoms with Crippen LogP contribution in [0.3, 0.4) is 0 Å². The van der Waals surface area contributed by atoms with Gasteiger partial charge in [-0.25, -0.2) is 0 Å². The Labute approximate surface area is 245 Å². The fourth-order valence-corrected chi connectivity index (χ4v) is 6.09. The van der Waals surface area contributed by atoms with E-state index in [4.69, 9.17) is 14.2 Å². The van der Waals surface area contributed by atoms with E-state index in [2.05, 4.69) is 10.6 Å². The number of carbonyl (C=O) groups is 2. The Morgan fingerprint density at radius 2 is 1.56 bits per heavy atom. The molecule has 2 atom stereocenters. The Hall–Kier alpha value is -4.17. The van der Waals surface area contributed by atoms with Gasteiger partial charge in [0.15, 0.2) is 17.3 Å². The first-order valence-corrected chi connectivity index (χ1v) is 14.6. The van der Waals surface area contributed by atoms with Crippen molar-refractivity contribution in [3.8, 4) is 17.2 Å². The van der Waals surface area contributed by atoms with Gasteiger partial charge < -0.3 is 24.8 Å². The summed E-state index contributed by atoms with van der Waals surface area (Å²) in [7, 11) is 4.81. The number of carbonyl (C=O) groups excluding carboxylic acids is 2. The molecule has 7 nitrogen and oxygen atoms in total. The van der Waals surface area contributed by atoms with Crippen LogP contribution in [0.1, 0.15) is 42.7 Å². The summed E-state index contributed by atoms with van der Waals surface area (Å²) < 4.78 is 16.2. The molecule has 2 N–H and O–H groups in total. The molecule has 2 aliphatic rings. The lowest BCUT2D eigenvalue weighted by Gasteiger charge is -2.37. The lowest BCUT2D eigenvalue weighted by atomic mass is 9.71. The van der Waals surface area contributed by atoms with Crippen LogP contribution in [0.4, 0.5) is 5.69 Å². The standard InChI is InChI=1S/C33H34N2O5S/c1-19-30(33(37)35-23-9-11-24(38-2)12-10-23)31(20-6-13-25(41-5)14-7-20)32-26(34-19)16-22(17-27(32)36)21-8-15-28(39-3)29(18-21)40-4/h6-15,18,22,31,34H,16-17H2,1-5H3,(H,35,37)/t22-,31-/m1/s1. The lowest BCUT2D eigenvalue weighted by molar-refractivity contribution is -0.116. The summed E-state index contributed by atoms with van der Waals surface area (Å²) in [5.74, 6) is 1.24. The van der Waals surface area contributed by atoms with Crippen LogP contribution in [0, 0.1) is 0 Å². The predicted molar refractivity (Wildman–Crippen MR) is 162 cm³/mol. The largest absolute Gasteiger partial charge is 0.497 e. The molecule has 5 rings (SSSR count). The van der Waals surface area contributed by atoms with Crippen molar-refractivity contribution >= 4 is 29.1 Å². The van der Waals surface area contributed by atoms with E-state index in [1.54, 1.807) is 57.4 Å². The average molecular weight is 571 g/mol. The minimum Gasteiger partial charge on any atom is -0.497 e. The van der Waals surface area contributed by atoms with Gasteiger partial charge in [0.05, 0.1) is 21.3 Å². The van der Waals surface area contributed by atoms with Crippen LogP contribution >= 0.6 is 11.8 Å². The molecule has 212 valence electrons. The molecular formula is C33H34N2O5S. The first-order valence-electron chi connectivity index (χ1n) is 13.4. The molecule has 0 spiro atoms. The van der Waals surface area contributed by atoms with Gasteiger partial charge in [0.1, 0.15) is 5.75 Å². The highest BCUT2D eigenvalue weighted by Crippen LogP contribution is 2.46. The molecule has 0 fully saturated rings. The Morgan fingerprint density at radius 3 is 2.20 bits per heavy atom. The van der Waals surface area contributed by atoms with Gasteiger partial charge in [-0.1, -0.05) is 18.2 Å². The number of ether oxygens (including phenoxy) is 3. The molecule has 0 saturated heterocycles. The molecule has 0 aromatic heterocycles. The summed E-state index contributed by atoms with van der Waals surface area (Å²) in [6, 6.07) is 21.1. The van der Waals surface area contributed by atoms with E-state index in [1.165, 1.54) is 0 Å². The highest BCUT2D eigenvalue weighted by atomic mass is 32.2. The van der Waals surface area contributed by atoms with Crippen LogP contribution < -0.4 is 24.8 Å². The van der Waals surface area contributed by atoms with Gasteiger partial charge in [-0.2, -0.15) is 0 Å². The molecule has 0 radical (unpaired) electrons. The van der Waals surface area contributed by atoms with E-state index >= 15 is 0 Å². The third-order valence-electron chi connectivity index (χ3n) is 7.75. The van der Waals surface area contributed by atoms with Gasteiger partial charge in [0.2, 0.25) is 0 Å². The van der Waals surface area contributed by atoms with Crippen LogP contribution in [-0.4, -0.2) is 39.3 Å². The monoisotopic (exact) mass is 570 g/mol. The Kier molecular flexibility index (Phi) is 8.40. The minimum absolute atomic E-state index is 0.0275. The fourth-order valence-electron chi connectivity index (χ4n) is 5.68. The Bertz CT molecular complexity index is 1530. The number of anilines is 1. The molecule has 0 saturated carbocycles. The summed E-state index contributed by atoms with van der Waals surface area (Å²) in [5, 5.41) is 6.48. The van der Waals surface area contributed by atoms with Crippen LogP contribution in [-0.2, 0) is 9.59 Å². The third kappa shape index (κ3) is 5.70.